The zero-order valence-electron chi connectivity index (χ0n) is 8.30. The van der Waals surface area contributed by atoms with Gasteiger partial charge in [-0.3, -0.25) is 5.10 Å². The maximum absolute atomic E-state index is 10.9. The molecule has 0 atom stereocenters. The zero-order chi connectivity index (χ0) is 11.1. The van der Waals surface area contributed by atoms with Crippen molar-refractivity contribution in [2.24, 2.45) is 0 Å². The molecule has 0 amide bonds. The van der Waals surface area contributed by atoms with E-state index in [1.54, 1.807) is 0 Å². The van der Waals surface area contributed by atoms with Gasteiger partial charge in [-0.15, -0.1) is 0 Å². The van der Waals surface area contributed by atoms with Gasteiger partial charge >= 0.3 is 5.97 Å². The second-order valence-electron chi connectivity index (χ2n) is 3.80. The molecule has 0 saturated heterocycles. The highest BCUT2D eigenvalue weighted by Crippen LogP contribution is 2.40. The molecule has 16 heavy (non-hydrogen) atoms. The number of aromatic nitrogens is 3. The van der Waals surface area contributed by atoms with E-state index in [1.807, 2.05) is 0 Å². The smallest absolute Gasteiger partial charge is 0.339 e. The number of rotatable bonds is 3. The van der Waals surface area contributed by atoms with E-state index in [2.05, 4.69) is 15.2 Å². The van der Waals surface area contributed by atoms with Crippen LogP contribution < -0.4 is 0 Å². The Bertz CT molecular complexity index is 539. The predicted octanol–water partition coefficient (Wildman–Crippen LogP) is 1.64. The van der Waals surface area contributed by atoms with Crippen molar-refractivity contribution in [1.82, 2.24) is 15.2 Å². The van der Waals surface area contributed by atoms with Crippen LogP contribution in [0, 0.1) is 0 Å². The average Bonchev–Trinajstić information content (AvgIpc) is 2.83. The molecule has 2 aromatic heterocycles. The Morgan fingerprint density at radius 3 is 3.00 bits per heavy atom. The van der Waals surface area contributed by atoms with Gasteiger partial charge in [-0.25, -0.2) is 9.78 Å². The number of carboxylic acid groups (broad SMARTS) is 1. The van der Waals surface area contributed by atoms with Gasteiger partial charge in [-0.2, -0.15) is 5.10 Å². The summed E-state index contributed by atoms with van der Waals surface area (Å²) >= 11 is 0. The Kier molecular flexibility index (Phi) is 1.82. The number of aromatic amines is 1. The van der Waals surface area contributed by atoms with Crippen molar-refractivity contribution in [2.75, 3.05) is 0 Å². The lowest BCUT2D eigenvalue weighted by molar-refractivity contribution is 0.0697. The van der Waals surface area contributed by atoms with Crippen LogP contribution >= 0.6 is 0 Å². The van der Waals surface area contributed by atoms with Crippen molar-refractivity contribution < 1.29 is 14.3 Å². The SMILES string of the molecule is O=C(O)c1cn[nH]c1-c1cnc(C2CC2)o1. The molecule has 6 nitrogen and oxygen atoms in total. The van der Waals surface area contributed by atoms with Crippen molar-refractivity contribution in [1.29, 1.82) is 0 Å². The lowest BCUT2D eigenvalue weighted by Gasteiger charge is -1.93. The van der Waals surface area contributed by atoms with E-state index in [0.29, 0.717) is 23.3 Å². The lowest BCUT2D eigenvalue weighted by atomic mass is 10.2. The third-order valence-electron chi connectivity index (χ3n) is 2.57. The van der Waals surface area contributed by atoms with Gasteiger partial charge in [0.15, 0.2) is 11.7 Å². The maximum Gasteiger partial charge on any atom is 0.339 e. The Balaban J connectivity index is 2.00. The molecule has 0 spiro atoms. The number of H-pyrrole nitrogens is 1. The summed E-state index contributed by atoms with van der Waals surface area (Å²) < 4.78 is 5.50. The highest BCUT2D eigenvalue weighted by atomic mass is 16.4. The highest BCUT2D eigenvalue weighted by Gasteiger charge is 2.29. The second kappa shape index (κ2) is 3.19. The molecule has 82 valence electrons. The number of hydrogen-bond acceptors (Lipinski definition) is 4. The van der Waals surface area contributed by atoms with Gasteiger partial charge in [-0.05, 0) is 12.8 Å². The van der Waals surface area contributed by atoms with Gasteiger partial charge < -0.3 is 9.52 Å². The summed E-state index contributed by atoms with van der Waals surface area (Å²) in [5.74, 6) is 0.482. The molecule has 2 heterocycles. The average molecular weight is 219 g/mol. The summed E-state index contributed by atoms with van der Waals surface area (Å²) in [6.07, 6.45) is 4.98. The number of hydrogen-bond donors (Lipinski definition) is 2. The molecule has 0 bridgehead atoms. The highest BCUT2D eigenvalue weighted by molar-refractivity contribution is 5.93. The van der Waals surface area contributed by atoms with Crippen molar-refractivity contribution in [3.63, 3.8) is 0 Å². The molecule has 1 fully saturated rings. The van der Waals surface area contributed by atoms with E-state index < -0.39 is 5.97 Å². The first-order chi connectivity index (χ1) is 7.75. The molecule has 1 aliphatic carbocycles. The fraction of sp³-hybridized carbons (Fsp3) is 0.300. The van der Waals surface area contributed by atoms with Gasteiger partial charge in [-0.1, -0.05) is 0 Å². The van der Waals surface area contributed by atoms with Gasteiger partial charge in [0, 0.05) is 5.92 Å². The second-order valence-corrected chi connectivity index (χ2v) is 3.80. The van der Waals surface area contributed by atoms with Gasteiger partial charge in [0.2, 0.25) is 0 Å². The molecule has 1 saturated carbocycles. The van der Waals surface area contributed by atoms with E-state index in [-0.39, 0.29) is 5.56 Å². The molecular formula is C10H9N3O3. The Morgan fingerprint density at radius 2 is 2.31 bits per heavy atom. The number of nitrogens with zero attached hydrogens (tertiary/aromatic N) is 2. The largest absolute Gasteiger partial charge is 0.478 e. The minimum atomic E-state index is -1.03. The van der Waals surface area contributed by atoms with Crippen molar-refractivity contribution in [3.8, 4) is 11.5 Å². The van der Waals surface area contributed by atoms with Crippen LogP contribution in [-0.2, 0) is 0 Å². The van der Waals surface area contributed by atoms with E-state index in [9.17, 15) is 4.79 Å². The molecule has 0 unspecified atom stereocenters. The van der Waals surface area contributed by atoms with Crippen LogP contribution in [0.25, 0.3) is 11.5 Å². The molecule has 3 rings (SSSR count). The third kappa shape index (κ3) is 1.39. The Labute approximate surface area is 90.3 Å². The van der Waals surface area contributed by atoms with Crippen molar-refractivity contribution in [2.45, 2.75) is 18.8 Å². The molecule has 2 aromatic rings. The first-order valence-corrected chi connectivity index (χ1v) is 4.98. The minimum Gasteiger partial charge on any atom is -0.478 e. The predicted molar refractivity (Wildman–Crippen MR) is 53.0 cm³/mol. The molecule has 0 aromatic carbocycles. The number of nitrogens with one attached hydrogen (secondary N) is 1. The summed E-state index contributed by atoms with van der Waals surface area (Å²) in [6, 6.07) is 0. The van der Waals surface area contributed by atoms with Crippen LogP contribution in [0.15, 0.2) is 16.8 Å². The molecule has 1 aliphatic rings. The fourth-order valence-corrected chi connectivity index (χ4v) is 1.56. The van der Waals surface area contributed by atoms with Crippen molar-refractivity contribution in [3.05, 3.63) is 23.8 Å². The number of oxazole rings is 1. The normalized spacial score (nSPS) is 15.2. The third-order valence-corrected chi connectivity index (χ3v) is 2.57. The van der Waals surface area contributed by atoms with Crippen LogP contribution in [0.2, 0.25) is 0 Å². The Morgan fingerprint density at radius 1 is 1.50 bits per heavy atom. The molecule has 0 aliphatic heterocycles. The lowest BCUT2D eigenvalue weighted by Crippen LogP contribution is -1.95. The van der Waals surface area contributed by atoms with Crippen LogP contribution in [0.4, 0.5) is 0 Å². The van der Waals surface area contributed by atoms with Gasteiger partial charge in [0.1, 0.15) is 11.3 Å². The standard InChI is InChI=1S/C10H9N3O3/c14-10(15)6-3-12-13-8(6)7-4-11-9(16-7)5-1-2-5/h3-5H,1-2H2,(H,12,13)(H,14,15). The van der Waals surface area contributed by atoms with E-state index in [0.717, 1.165) is 12.8 Å². The van der Waals surface area contributed by atoms with Crippen LogP contribution in [0.1, 0.15) is 35.0 Å². The summed E-state index contributed by atoms with van der Waals surface area (Å²) in [5, 5.41) is 15.2. The van der Waals surface area contributed by atoms with Crippen molar-refractivity contribution >= 4 is 5.97 Å². The molecule has 6 heteroatoms. The minimum absolute atomic E-state index is 0.0958. The van der Waals surface area contributed by atoms with E-state index in [1.165, 1.54) is 12.4 Å². The zero-order valence-corrected chi connectivity index (χ0v) is 8.30. The topological polar surface area (TPSA) is 92.0 Å². The Hall–Kier alpha value is -2.11. The van der Waals surface area contributed by atoms with Gasteiger partial charge in [0.25, 0.3) is 0 Å². The summed E-state index contributed by atoms with van der Waals surface area (Å²) in [7, 11) is 0. The number of carboxylic acids is 1. The summed E-state index contributed by atoms with van der Waals surface area (Å²) in [5.41, 5.74) is 0.463. The maximum atomic E-state index is 10.9. The summed E-state index contributed by atoms with van der Waals surface area (Å²) in [6.45, 7) is 0. The van der Waals surface area contributed by atoms with Crippen LogP contribution in [0.5, 0.6) is 0 Å². The van der Waals surface area contributed by atoms with Crippen LogP contribution in [0.3, 0.4) is 0 Å². The van der Waals surface area contributed by atoms with E-state index >= 15 is 0 Å². The van der Waals surface area contributed by atoms with Crippen LogP contribution in [-0.4, -0.2) is 26.3 Å². The van der Waals surface area contributed by atoms with Gasteiger partial charge in [0.05, 0.1) is 12.4 Å². The number of carbonyl (C=O) groups is 1. The fourth-order valence-electron chi connectivity index (χ4n) is 1.56. The monoisotopic (exact) mass is 219 g/mol. The quantitative estimate of drug-likeness (QED) is 0.818. The molecule has 0 radical (unpaired) electrons. The first-order valence-electron chi connectivity index (χ1n) is 4.98. The summed E-state index contributed by atoms with van der Waals surface area (Å²) in [4.78, 5) is 15.0. The number of aromatic carboxylic acids is 1. The molecule has 2 N–H and O–H groups in total. The molecular weight excluding hydrogens is 210 g/mol. The first kappa shape index (κ1) is 9.14. The van der Waals surface area contributed by atoms with E-state index in [4.69, 9.17) is 9.52 Å².